The fraction of sp³-hybridized carbons (Fsp3) is 0.111. The van der Waals surface area contributed by atoms with Gasteiger partial charge in [0, 0.05) is 24.5 Å². The summed E-state index contributed by atoms with van der Waals surface area (Å²) in [5.74, 6) is -0.542. The van der Waals surface area contributed by atoms with Crippen molar-refractivity contribution in [3.05, 3.63) is 70.6 Å². The van der Waals surface area contributed by atoms with Gasteiger partial charge in [-0.15, -0.1) is 0 Å². The molecule has 1 amide bonds. The Bertz CT molecular complexity index is 891. The lowest BCUT2D eigenvalue weighted by molar-refractivity contribution is -0.115. The molecule has 3 rings (SSSR count). The molecule has 4 nitrogen and oxygen atoms in total. The van der Waals surface area contributed by atoms with E-state index in [1.165, 1.54) is 12.1 Å². The number of benzene rings is 2. The van der Waals surface area contributed by atoms with Crippen LogP contribution in [0.2, 0.25) is 0 Å². The number of nitrogens with zero attached hydrogens (tertiary/aromatic N) is 2. The first kappa shape index (κ1) is 16.4. The summed E-state index contributed by atoms with van der Waals surface area (Å²) in [5, 5.41) is 7.23. The molecule has 0 bridgehead atoms. The van der Waals surface area contributed by atoms with E-state index in [0.29, 0.717) is 11.3 Å². The van der Waals surface area contributed by atoms with Crippen molar-refractivity contribution in [3.63, 3.8) is 0 Å². The quantitative estimate of drug-likeness (QED) is 0.729. The monoisotopic (exact) mass is 387 g/mol. The number of halogens is 2. The number of nitrogens with one attached hydrogen (secondary N) is 1. The number of hydrogen-bond donors (Lipinski definition) is 1. The number of hydrogen-bond acceptors (Lipinski definition) is 2. The lowest BCUT2D eigenvalue weighted by Crippen LogP contribution is -2.14. The van der Waals surface area contributed by atoms with Crippen LogP contribution in [0, 0.1) is 5.82 Å². The highest BCUT2D eigenvalue weighted by atomic mass is 79.9. The van der Waals surface area contributed by atoms with Gasteiger partial charge in [0.05, 0.1) is 10.9 Å². The zero-order valence-electron chi connectivity index (χ0n) is 13.0. The number of carbonyl (C=O) groups is 1. The van der Waals surface area contributed by atoms with Crippen molar-refractivity contribution in [2.75, 3.05) is 5.32 Å². The summed E-state index contributed by atoms with van der Waals surface area (Å²) < 4.78 is 15.8. The van der Waals surface area contributed by atoms with E-state index >= 15 is 0 Å². The van der Waals surface area contributed by atoms with Gasteiger partial charge in [-0.1, -0.05) is 24.3 Å². The molecule has 3 aromatic rings. The van der Waals surface area contributed by atoms with Crippen LogP contribution in [0.25, 0.3) is 11.3 Å². The highest BCUT2D eigenvalue weighted by Crippen LogP contribution is 2.28. The summed E-state index contributed by atoms with van der Waals surface area (Å²) in [7, 11) is 1.85. The smallest absolute Gasteiger partial charge is 0.228 e. The SMILES string of the molecule is Cn1cc(Br)c(-c2cccc(NC(=O)Cc3cccc(F)c3)c2)n1. The van der Waals surface area contributed by atoms with Gasteiger partial charge >= 0.3 is 0 Å². The molecular formula is C18H15BrFN3O. The third kappa shape index (κ3) is 3.89. The molecule has 1 heterocycles. The first-order valence-electron chi connectivity index (χ1n) is 7.35. The van der Waals surface area contributed by atoms with Gasteiger partial charge in [0.25, 0.3) is 0 Å². The Morgan fingerprint density at radius 2 is 2.04 bits per heavy atom. The number of anilines is 1. The van der Waals surface area contributed by atoms with Crippen LogP contribution < -0.4 is 5.32 Å². The molecule has 0 atom stereocenters. The van der Waals surface area contributed by atoms with Gasteiger partial charge in [0.15, 0.2) is 0 Å². The average Bonchev–Trinajstić information content (AvgIpc) is 2.86. The molecule has 0 fully saturated rings. The second kappa shape index (κ2) is 6.97. The molecule has 0 saturated carbocycles. The maximum Gasteiger partial charge on any atom is 0.228 e. The molecule has 0 aliphatic heterocycles. The minimum atomic E-state index is -0.345. The fourth-order valence-corrected chi connectivity index (χ4v) is 3.04. The van der Waals surface area contributed by atoms with E-state index in [9.17, 15) is 9.18 Å². The number of aromatic nitrogens is 2. The van der Waals surface area contributed by atoms with Gasteiger partial charge in [-0.2, -0.15) is 5.10 Å². The Balaban J connectivity index is 1.75. The van der Waals surface area contributed by atoms with Crippen molar-refractivity contribution in [2.24, 2.45) is 7.05 Å². The summed E-state index contributed by atoms with van der Waals surface area (Å²) in [5.41, 5.74) is 3.01. The Morgan fingerprint density at radius 1 is 1.25 bits per heavy atom. The topological polar surface area (TPSA) is 46.9 Å². The summed E-state index contributed by atoms with van der Waals surface area (Å²) >= 11 is 3.47. The zero-order valence-corrected chi connectivity index (χ0v) is 14.5. The Labute approximate surface area is 147 Å². The minimum Gasteiger partial charge on any atom is -0.326 e. The molecule has 24 heavy (non-hydrogen) atoms. The number of carbonyl (C=O) groups excluding carboxylic acids is 1. The third-order valence-electron chi connectivity index (χ3n) is 3.46. The lowest BCUT2D eigenvalue weighted by Gasteiger charge is -2.07. The Morgan fingerprint density at radius 3 is 2.75 bits per heavy atom. The fourth-order valence-electron chi connectivity index (χ4n) is 2.44. The number of aryl methyl sites for hydroxylation is 1. The predicted octanol–water partition coefficient (Wildman–Crippen LogP) is 4.17. The van der Waals surface area contributed by atoms with Gasteiger partial charge in [0.2, 0.25) is 5.91 Å². The van der Waals surface area contributed by atoms with Crippen LogP contribution >= 0.6 is 15.9 Å². The lowest BCUT2D eigenvalue weighted by atomic mass is 10.1. The molecule has 1 N–H and O–H groups in total. The van der Waals surface area contributed by atoms with E-state index in [-0.39, 0.29) is 18.1 Å². The van der Waals surface area contributed by atoms with Crippen LogP contribution in [-0.4, -0.2) is 15.7 Å². The van der Waals surface area contributed by atoms with Crippen molar-refractivity contribution < 1.29 is 9.18 Å². The summed E-state index contributed by atoms with van der Waals surface area (Å²) in [4.78, 5) is 12.1. The maximum absolute atomic E-state index is 13.2. The molecule has 0 aliphatic carbocycles. The Hall–Kier alpha value is -2.47. The van der Waals surface area contributed by atoms with Gasteiger partial charge in [-0.05, 0) is 45.8 Å². The normalized spacial score (nSPS) is 10.6. The average molecular weight is 388 g/mol. The minimum absolute atomic E-state index is 0.120. The van der Waals surface area contributed by atoms with Crippen molar-refractivity contribution in [2.45, 2.75) is 6.42 Å². The van der Waals surface area contributed by atoms with Crippen LogP contribution in [0.5, 0.6) is 0 Å². The molecule has 122 valence electrons. The molecule has 6 heteroatoms. The van der Waals surface area contributed by atoms with E-state index in [0.717, 1.165) is 15.7 Å². The molecule has 0 saturated heterocycles. The first-order chi connectivity index (χ1) is 11.5. The molecule has 0 unspecified atom stereocenters. The summed E-state index contributed by atoms with van der Waals surface area (Å²) in [6.07, 6.45) is 1.99. The highest BCUT2D eigenvalue weighted by Gasteiger charge is 2.10. The molecule has 0 aliphatic rings. The summed E-state index contributed by atoms with van der Waals surface area (Å²) in [6.45, 7) is 0. The molecule has 2 aromatic carbocycles. The predicted molar refractivity (Wildman–Crippen MR) is 95.1 cm³/mol. The van der Waals surface area contributed by atoms with Gasteiger partial charge in [0.1, 0.15) is 11.5 Å². The van der Waals surface area contributed by atoms with Gasteiger partial charge in [-0.25, -0.2) is 4.39 Å². The Kier molecular flexibility index (Phi) is 4.76. The first-order valence-corrected chi connectivity index (χ1v) is 8.14. The maximum atomic E-state index is 13.2. The zero-order chi connectivity index (χ0) is 17.1. The van der Waals surface area contributed by atoms with Crippen LogP contribution in [0.1, 0.15) is 5.56 Å². The van der Waals surface area contributed by atoms with E-state index in [4.69, 9.17) is 0 Å². The van der Waals surface area contributed by atoms with Gasteiger partial charge in [-0.3, -0.25) is 9.48 Å². The molecule has 1 aromatic heterocycles. The molecule has 0 radical (unpaired) electrons. The standard InChI is InChI=1S/C18H15BrFN3O/c1-23-11-16(19)18(22-23)13-5-3-7-15(10-13)21-17(24)9-12-4-2-6-14(20)8-12/h2-8,10-11H,9H2,1H3,(H,21,24). The van der Waals surface area contributed by atoms with Crippen molar-refractivity contribution in [3.8, 4) is 11.3 Å². The molecular weight excluding hydrogens is 373 g/mol. The van der Waals surface area contributed by atoms with Crippen molar-refractivity contribution in [1.29, 1.82) is 0 Å². The van der Waals surface area contributed by atoms with Crippen LogP contribution in [0.15, 0.2) is 59.2 Å². The van der Waals surface area contributed by atoms with Gasteiger partial charge < -0.3 is 5.32 Å². The van der Waals surface area contributed by atoms with Crippen LogP contribution in [-0.2, 0) is 18.3 Å². The van der Waals surface area contributed by atoms with E-state index in [1.807, 2.05) is 37.5 Å². The van der Waals surface area contributed by atoms with Crippen LogP contribution in [0.3, 0.4) is 0 Å². The number of amides is 1. The number of rotatable bonds is 4. The largest absolute Gasteiger partial charge is 0.326 e. The van der Waals surface area contributed by atoms with E-state index < -0.39 is 0 Å². The second-order valence-corrected chi connectivity index (χ2v) is 6.29. The highest BCUT2D eigenvalue weighted by molar-refractivity contribution is 9.10. The second-order valence-electron chi connectivity index (χ2n) is 5.43. The van der Waals surface area contributed by atoms with Crippen molar-refractivity contribution >= 4 is 27.5 Å². The van der Waals surface area contributed by atoms with E-state index in [1.54, 1.807) is 16.8 Å². The molecule has 0 spiro atoms. The van der Waals surface area contributed by atoms with Crippen LogP contribution in [0.4, 0.5) is 10.1 Å². The third-order valence-corrected chi connectivity index (χ3v) is 4.04. The van der Waals surface area contributed by atoms with E-state index in [2.05, 4.69) is 26.3 Å². The van der Waals surface area contributed by atoms with Crippen molar-refractivity contribution in [1.82, 2.24) is 9.78 Å². The summed E-state index contributed by atoms with van der Waals surface area (Å²) in [6, 6.07) is 13.5.